The van der Waals surface area contributed by atoms with Gasteiger partial charge in [-0.1, -0.05) is 43.2 Å². The fourth-order valence-corrected chi connectivity index (χ4v) is 7.62. The summed E-state index contributed by atoms with van der Waals surface area (Å²) in [4.78, 5) is 29.5. The van der Waals surface area contributed by atoms with E-state index in [9.17, 15) is 43.7 Å². The fourth-order valence-electron chi connectivity index (χ4n) is 4.17. The minimum atomic E-state index is -9.93. The second-order valence-corrected chi connectivity index (χ2v) is 16.3. The first kappa shape index (κ1) is 33.0. The van der Waals surface area contributed by atoms with Crippen LogP contribution in [-0.4, -0.2) is 70.5 Å². The number of fused-ring (bicyclic) bond motifs is 1. The van der Waals surface area contributed by atoms with Crippen molar-refractivity contribution in [1.29, 1.82) is 0 Å². The molecule has 1 aliphatic rings. The van der Waals surface area contributed by atoms with Crippen molar-refractivity contribution in [2.24, 2.45) is 0 Å². The fraction of sp³-hybridized carbons (Fsp3) is 0.400. The molecule has 6 N–H and O–H groups in total. The van der Waals surface area contributed by atoms with Gasteiger partial charge in [0, 0.05) is 6.04 Å². The van der Waals surface area contributed by atoms with E-state index in [0.29, 0.717) is 6.07 Å². The molecule has 1 aliphatic heterocycles. The molecule has 42 heavy (non-hydrogen) atoms. The summed E-state index contributed by atoms with van der Waals surface area (Å²) < 4.78 is 101. The molecule has 1 saturated heterocycles. The molecule has 22 heteroatoms. The van der Waals surface area contributed by atoms with Crippen molar-refractivity contribution < 1.29 is 62.7 Å². The van der Waals surface area contributed by atoms with Crippen molar-refractivity contribution in [2.45, 2.75) is 42.4 Å². The van der Waals surface area contributed by atoms with Crippen molar-refractivity contribution >= 4 is 53.7 Å². The van der Waals surface area contributed by atoms with Crippen LogP contribution in [0.3, 0.4) is 0 Å². The van der Waals surface area contributed by atoms with E-state index in [-0.39, 0.29) is 33.5 Å². The van der Waals surface area contributed by atoms with E-state index < -0.39 is 73.4 Å². The Kier molecular flexibility index (Phi) is 8.13. The van der Waals surface area contributed by atoms with E-state index in [1.54, 1.807) is 0 Å². The monoisotopic (exact) mass is 688 g/mol. The van der Waals surface area contributed by atoms with Crippen LogP contribution in [0, 0.1) is 0 Å². The number of hydrogen-bond acceptors (Lipinski definition) is 9. The van der Waals surface area contributed by atoms with Gasteiger partial charge in [-0.25, -0.2) is 9.67 Å². The zero-order valence-corrected chi connectivity index (χ0v) is 24.4. The SMILES string of the molecule is C[C@H](Nc1cc(Cl)nc2c1cnn2[C@@H]1O[C@H](COP(=O)(O)CP(=O)(O)O)C(O)[C@@H]1O)c1cccc(S(F)(F)(F)(F)F)c1. The van der Waals surface area contributed by atoms with Crippen molar-refractivity contribution in [3.05, 3.63) is 47.2 Å². The molecule has 0 amide bonds. The number of aromatic nitrogens is 3. The van der Waals surface area contributed by atoms with Crippen molar-refractivity contribution in [2.75, 3.05) is 17.8 Å². The molecule has 2 unspecified atom stereocenters. The number of nitrogens with one attached hydrogen (secondary N) is 1. The molecular formula is C20H24ClF5N4O9P2S. The lowest BCUT2D eigenvalue weighted by molar-refractivity contribution is -0.0541. The Hall–Kier alpha value is -1.89. The molecule has 4 rings (SSSR count). The van der Waals surface area contributed by atoms with Crippen molar-refractivity contribution in [3.63, 3.8) is 0 Å². The summed E-state index contributed by atoms with van der Waals surface area (Å²) in [6.07, 6.45) is -5.15. The predicted octanol–water partition coefficient (Wildman–Crippen LogP) is 4.87. The van der Waals surface area contributed by atoms with Gasteiger partial charge < -0.3 is 39.5 Å². The first-order valence-corrected chi connectivity index (χ1v) is 17.5. The Balaban J connectivity index is 1.58. The third-order valence-electron chi connectivity index (χ3n) is 6.09. The van der Waals surface area contributed by atoms with Crippen molar-refractivity contribution in [1.82, 2.24) is 14.8 Å². The molecule has 2 aromatic heterocycles. The van der Waals surface area contributed by atoms with Crippen LogP contribution in [0.15, 0.2) is 41.4 Å². The number of nitrogens with zero attached hydrogens (tertiary/aromatic N) is 3. The highest BCUT2D eigenvalue weighted by Crippen LogP contribution is 3.02. The Morgan fingerprint density at radius 2 is 1.81 bits per heavy atom. The summed E-state index contributed by atoms with van der Waals surface area (Å²) in [5.41, 5.74) is -0.0205. The molecule has 0 aliphatic carbocycles. The number of halogens is 6. The standard InChI is InChI=1S/C20H24ClF5N4O9P2S/c1-10(11-3-2-4-12(5-11)42(22,23,24,25)26)28-14-6-16(21)29-19-13(14)7-27-30(19)20-18(32)17(31)15(39-20)8-38-41(36,37)9-40(33,34)35/h2-7,10,15,17-18,20,31-32H,8-9H2,1H3,(H,28,29)(H,36,37)(H2,33,34,35)/t10-,15+,17?,18-,20+/m0/s1. The summed E-state index contributed by atoms with van der Waals surface area (Å²) in [6, 6.07) is 3.00. The maximum atomic E-state index is 13.3. The average molecular weight is 689 g/mol. The summed E-state index contributed by atoms with van der Waals surface area (Å²) >= 11 is 6.13. The molecular weight excluding hydrogens is 665 g/mol. The van der Waals surface area contributed by atoms with Gasteiger partial charge >= 0.3 is 25.4 Å². The zero-order valence-electron chi connectivity index (χ0n) is 21.0. The van der Waals surface area contributed by atoms with E-state index in [0.717, 1.165) is 10.7 Å². The minimum Gasteiger partial charge on any atom is -0.387 e. The van der Waals surface area contributed by atoms with Gasteiger partial charge in [-0.2, -0.15) is 5.10 Å². The van der Waals surface area contributed by atoms with Gasteiger partial charge in [-0.05, 0) is 30.7 Å². The van der Waals surface area contributed by atoms with Gasteiger partial charge in [-0.15, -0.1) is 0 Å². The first-order valence-electron chi connectivity index (χ1n) is 11.6. The Bertz CT molecular complexity index is 1610. The number of ether oxygens (including phenoxy) is 1. The largest absolute Gasteiger partial charge is 0.387 e. The van der Waals surface area contributed by atoms with Crippen LogP contribution < -0.4 is 5.32 Å². The molecule has 0 saturated carbocycles. The highest BCUT2D eigenvalue weighted by Gasteiger charge is 2.65. The lowest BCUT2D eigenvalue weighted by Crippen LogP contribution is -2.33. The molecule has 13 nitrogen and oxygen atoms in total. The molecule has 1 aromatic carbocycles. The van der Waals surface area contributed by atoms with Crippen LogP contribution in [0.1, 0.15) is 24.8 Å². The Morgan fingerprint density at radius 1 is 1.14 bits per heavy atom. The van der Waals surface area contributed by atoms with Crippen LogP contribution in [0.2, 0.25) is 5.15 Å². The number of rotatable bonds is 10. The van der Waals surface area contributed by atoms with Gasteiger partial charge in [-0.3, -0.25) is 9.13 Å². The van der Waals surface area contributed by atoms with E-state index in [2.05, 4.69) is 19.9 Å². The first-order chi connectivity index (χ1) is 18.9. The quantitative estimate of drug-likeness (QED) is 0.0962. The van der Waals surface area contributed by atoms with E-state index in [1.807, 2.05) is 0 Å². The Labute approximate surface area is 238 Å². The van der Waals surface area contributed by atoms with E-state index in [4.69, 9.17) is 26.1 Å². The Morgan fingerprint density at radius 3 is 2.43 bits per heavy atom. The number of aliphatic hydroxyl groups excluding tert-OH is 2. The molecule has 0 bridgehead atoms. The summed E-state index contributed by atoms with van der Waals surface area (Å²) in [7, 11) is -19.7. The second kappa shape index (κ2) is 10.3. The molecule has 0 spiro atoms. The van der Waals surface area contributed by atoms with Gasteiger partial charge in [0.2, 0.25) is 0 Å². The summed E-state index contributed by atoms with van der Waals surface area (Å²) in [6.45, 7) is 0.560. The minimum absolute atomic E-state index is 0.0508. The molecule has 1 fully saturated rings. The number of anilines is 1. The van der Waals surface area contributed by atoms with Crippen LogP contribution in [-0.2, 0) is 18.4 Å². The van der Waals surface area contributed by atoms with Crippen LogP contribution in [0.4, 0.5) is 25.1 Å². The zero-order chi connectivity index (χ0) is 31.5. The van der Waals surface area contributed by atoms with Gasteiger partial charge in [0.15, 0.2) is 17.8 Å². The van der Waals surface area contributed by atoms with Crippen LogP contribution in [0.25, 0.3) is 11.0 Å². The normalized spacial score (nSPS) is 25.5. The van der Waals surface area contributed by atoms with Gasteiger partial charge in [0.25, 0.3) is 0 Å². The predicted molar refractivity (Wildman–Crippen MR) is 141 cm³/mol. The molecule has 3 heterocycles. The molecule has 236 valence electrons. The molecule has 6 atom stereocenters. The molecule has 0 radical (unpaired) electrons. The lowest BCUT2D eigenvalue weighted by Gasteiger charge is -2.40. The number of hydrogen-bond donors (Lipinski definition) is 6. The smallest absolute Gasteiger partial charge is 0.340 e. The maximum Gasteiger partial charge on any atom is 0.340 e. The number of aliphatic hydroxyl groups is 2. The highest BCUT2D eigenvalue weighted by atomic mass is 35.5. The maximum absolute atomic E-state index is 13.3. The molecule has 3 aromatic rings. The summed E-state index contributed by atoms with van der Waals surface area (Å²) in [5.74, 6) is -1.49. The average Bonchev–Trinajstić information content (AvgIpc) is 3.35. The third-order valence-corrected chi connectivity index (χ3v) is 10.9. The van der Waals surface area contributed by atoms with Crippen molar-refractivity contribution in [3.8, 4) is 0 Å². The third kappa shape index (κ3) is 7.60. The number of benzene rings is 1. The van der Waals surface area contributed by atoms with Gasteiger partial charge in [0.1, 0.15) is 28.4 Å². The number of pyridine rings is 1. The van der Waals surface area contributed by atoms with E-state index >= 15 is 0 Å². The van der Waals surface area contributed by atoms with Crippen LogP contribution >= 0.6 is 37.0 Å². The second-order valence-electron chi connectivity index (χ2n) is 9.51. The highest BCUT2D eigenvalue weighted by molar-refractivity contribution is 8.45. The lowest BCUT2D eigenvalue weighted by atomic mass is 10.1. The van der Waals surface area contributed by atoms with E-state index in [1.165, 1.54) is 25.3 Å². The summed E-state index contributed by atoms with van der Waals surface area (Å²) in [5, 5.41) is 27.9. The van der Waals surface area contributed by atoms with Crippen LogP contribution in [0.5, 0.6) is 0 Å². The van der Waals surface area contributed by atoms with Gasteiger partial charge in [0.05, 0.1) is 23.9 Å². The topological polar surface area (TPSA) is 196 Å².